The molecule has 5 N–H and O–H groups in total. The number of nitrogens with one attached hydrogen (secondary N) is 2. The second-order valence-corrected chi connectivity index (χ2v) is 9.17. The number of hydrazone groups is 1. The van der Waals surface area contributed by atoms with Crippen LogP contribution in [0.4, 0.5) is 0 Å². The fourth-order valence-electron chi connectivity index (χ4n) is 3.57. The molecule has 0 amide bonds. The summed E-state index contributed by atoms with van der Waals surface area (Å²) in [4.78, 5) is 15.1. The zero-order valence-electron chi connectivity index (χ0n) is 18.8. The van der Waals surface area contributed by atoms with Crippen molar-refractivity contribution in [2.75, 3.05) is 26.7 Å². The number of carboxylic acids is 1. The summed E-state index contributed by atoms with van der Waals surface area (Å²) < 4.78 is 28.8. The minimum Gasteiger partial charge on any atom is -0.480 e. The molecular formula is C22H27N7O4S. The van der Waals surface area contributed by atoms with Crippen LogP contribution in [0.15, 0.2) is 64.7 Å². The molecule has 0 aliphatic carbocycles. The maximum atomic E-state index is 12.8. The number of likely N-dealkylation sites (N-methyl/N-ethyl adjacent to an activating group) is 1. The van der Waals surface area contributed by atoms with E-state index in [4.69, 9.17) is 16.2 Å². The molecule has 0 saturated carbocycles. The van der Waals surface area contributed by atoms with Gasteiger partial charge in [-0.15, -0.1) is 0 Å². The van der Waals surface area contributed by atoms with Crippen LogP contribution in [0, 0.1) is 5.41 Å². The number of rotatable bonds is 8. The van der Waals surface area contributed by atoms with Crippen LogP contribution in [-0.4, -0.2) is 73.0 Å². The summed E-state index contributed by atoms with van der Waals surface area (Å²) >= 11 is 0. The van der Waals surface area contributed by atoms with E-state index in [1.54, 1.807) is 19.1 Å². The molecule has 0 saturated heterocycles. The van der Waals surface area contributed by atoms with Gasteiger partial charge in [0.1, 0.15) is 12.4 Å². The van der Waals surface area contributed by atoms with E-state index in [0.29, 0.717) is 17.8 Å². The minimum atomic E-state index is -4.17. The molecule has 1 aliphatic heterocycles. The smallest absolute Gasteiger partial charge is 0.318 e. The molecule has 0 aromatic heterocycles. The van der Waals surface area contributed by atoms with E-state index in [1.807, 2.05) is 42.5 Å². The molecule has 11 nitrogen and oxygen atoms in total. The highest BCUT2D eigenvalue weighted by Crippen LogP contribution is 2.29. The number of guanidine groups is 1. The fourth-order valence-corrected chi connectivity index (χ4v) is 4.75. The Kier molecular flexibility index (Phi) is 7.64. The Balaban J connectivity index is 1.95. The molecule has 2 aromatic carbocycles. The fraction of sp³-hybridized carbons (Fsp3) is 0.273. The normalized spacial score (nSPS) is 16.4. The van der Waals surface area contributed by atoms with E-state index in [-0.39, 0.29) is 24.3 Å². The Labute approximate surface area is 198 Å². The predicted molar refractivity (Wildman–Crippen MR) is 130 cm³/mol. The highest BCUT2D eigenvalue weighted by atomic mass is 32.2. The summed E-state index contributed by atoms with van der Waals surface area (Å²) in [6.45, 7) is 1.16. The molecule has 1 heterocycles. The molecule has 3 rings (SSSR count). The first-order valence-electron chi connectivity index (χ1n) is 10.5. The number of nitrogens with two attached hydrogens (primary N) is 1. The van der Waals surface area contributed by atoms with Crippen molar-refractivity contribution in [3.8, 4) is 0 Å². The van der Waals surface area contributed by atoms with E-state index in [0.717, 1.165) is 15.4 Å². The van der Waals surface area contributed by atoms with Crippen LogP contribution in [0.5, 0.6) is 0 Å². The van der Waals surface area contributed by atoms with Gasteiger partial charge in [-0.2, -0.15) is 17.8 Å². The number of aliphatic imine (C=N–C) groups is 1. The Morgan fingerprint density at radius 3 is 2.44 bits per heavy atom. The first-order chi connectivity index (χ1) is 16.2. The number of benzene rings is 2. The Morgan fingerprint density at radius 2 is 1.91 bits per heavy atom. The number of carbonyl (C=O) groups is 1. The van der Waals surface area contributed by atoms with Crippen molar-refractivity contribution in [3.05, 3.63) is 71.3 Å². The molecule has 0 bridgehead atoms. The third kappa shape index (κ3) is 5.58. The van der Waals surface area contributed by atoms with Crippen LogP contribution in [-0.2, 0) is 15.0 Å². The van der Waals surface area contributed by atoms with Gasteiger partial charge in [0.25, 0.3) is 0 Å². The van der Waals surface area contributed by atoms with Crippen LogP contribution >= 0.6 is 0 Å². The Morgan fingerprint density at radius 1 is 1.26 bits per heavy atom. The van der Waals surface area contributed by atoms with Crippen LogP contribution in [0.25, 0.3) is 0 Å². The van der Waals surface area contributed by atoms with Crippen molar-refractivity contribution < 1.29 is 18.3 Å². The third-order valence-corrected chi connectivity index (χ3v) is 6.80. The number of nitrogen functional groups attached to an aromatic ring is 1. The molecule has 0 radical (unpaired) electrons. The monoisotopic (exact) mass is 485 g/mol. The molecule has 12 heteroatoms. The Bertz CT molecular complexity index is 1210. The topological polar surface area (TPSA) is 165 Å². The number of hydrogen-bond acceptors (Lipinski definition) is 6. The average Bonchev–Trinajstić information content (AvgIpc) is 3.26. The number of aliphatic carboxylic acids is 1. The second kappa shape index (κ2) is 10.4. The maximum Gasteiger partial charge on any atom is 0.318 e. The average molecular weight is 486 g/mol. The highest BCUT2D eigenvalue weighted by Gasteiger charge is 2.34. The number of carboxylic acid groups (broad SMARTS) is 1. The number of hydrogen-bond donors (Lipinski definition) is 4. The van der Waals surface area contributed by atoms with Crippen molar-refractivity contribution in [1.29, 1.82) is 5.41 Å². The molecule has 0 spiro atoms. The molecule has 1 aliphatic rings. The van der Waals surface area contributed by atoms with E-state index in [2.05, 4.69) is 14.8 Å². The lowest BCUT2D eigenvalue weighted by atomic mass is 9.90. The van der Waals surface area contributed by atoms with Gasteiger partial charge in [0.15, 0.2) is 0 Å². The van der Waals surface area contributed by atoms with Crippen molar-refractivity contribution in [2.24, 2.45) is 15.8 Å². The predicted octanol–water partition coefficient (Wildman–Crippen LogP) is 1.00. The van der Waals surface area contributed by atoms with Crippen molar-refractivity contribution >= 4 is 33.7 Å². The summed E-state index contributed by atoms with van der Waals surface area (Å²) in [5.74, 6) is -1.52. The van der Waals surface area contributed by atoms with Crippen LogP contribution < -0.4 is 10.5 Å². The van der Waals surface area contributed by atoms with E-state index in [9.17, 15) is 13.2 Å². The first-order valence-corrected chi connectivity index (χ1v) is 11.9. The summed E-state index contributed by atoms with van der Waals surface area (Å²) in [6, 6.07) is 16.7. The van der Waals surface area contributed by atoms with E-state index >= 15 is 0 Å². The summed E-state index contributed by atoms with van der Waals surface area (Å²) in [7, 11) is -2.74. The molecule has 1 atom stereocenters. The van der Waals surface area contributed by atoms with Gasteiger partial charge in [0.2, 0.25) is 5.96 Å². The Hall–Kier alpha value is -3.77. The minimum absolute atomic E-state index is 0.0255. The summed E-state index contributed by atoms with van der Waals surface area (Å²) in [5, 5.41) is 22.8. The van der Waals surface area contributed by atoms with Gasteiger partial charge in [-0.3, -0.25) is 15.2 Å². The molecule has 0 fully saturated rings. The molecule has 2 aromatic rings. The van der Waals surface area contributed by atoms with Gasteiger partial charge in [-0.1, -0.05) is 61.5 Å². The van der Waals surface area contributed by atoms with Crippen LogP contribution in [0.1, 0.15) is 29.5 Å². The van der Waals surface area contributed by atoms with Gasteiger partial charge in [-0.25, -0.2) is 9.73 Å². The van der Waals surface area contributed by atoms with Gasteiger partial charge < -0.3 is 10.8 Å². The maximum absolute atomic E-state index is 12.8. The van der Waals surface area contributed by atoms with Crippen LogP contribution in [0.3, 0.4) is 0 Å². The largest absolute Gasteiger partial charge is 0.480 e. The third-order valence-electron chi connectivity index (χ3n) is 5.29. The second-order valence-electron chi connectivity index (χ2n) is 7.50. The molecule has 180 valence electrons. The van der Waals surface area contributed by atoms with E-state index in [1.165, 1.54) is 12.1 Å². The molecular weight excluding hydrogens is 458 g/mol. The van der Waals surface area contributed by atoms with Crippen LogP contribution in [0.2, 0.25) is 0 Å². The lowest BCUT2D eigenvalue weighted by molar-refractivity contribution is -0.137. The quantitative estimate of drug-likeness (QED) is 0.322. The van der Waals surface area contributed by atoms with E-state index < -0.39 is 22.7 Å². The van der Waals surface area contributed by atoms with Gasteiger partial charge in [-0.05, 0) is 11.1 Å². The first kappa shape index (κ1) is 24.9. The van der Waals surface area contributed by atoms with Gasteiger partial charge >= 0.3 is 16.2 Å². The lowest BCUT2D eigenvalue weighted by Crippen LogP contribution is -2.49. The van der Waals surface area contributed by atoms with Gasteiger partial charge in [0.05, 0.1) is 12.3 Å². The molecule has 34 heavy (non-hydrogen) atoms. The van der Waals surface area contributed by atoms with Crippen molar-refractivity contribution in [2.45, 2.75) is 12.8 Å². The van der Waals surface area contributed by atoms with Gasteiger partial charge in [0, 0.05) is 25.1 Å². The SMILES string of the molecule is CCN(CC(=O)O)S(=O)(=O)NC(=NC)N1CC(c2ccccc2)C(c2ccc(C(=N)N)cc2)=N1. The van der Waals surface area contributed by atoms with Crippen molar-refractivity contribution in [1.82, 2.24) is 14.0 Å². The highest BCUT2D eigenvalue weighted by molar-refractivity contribution is 7.87. The zero-order chi connectivity index (χ0) is 24.9. The lowest BCUT2D eigenvalue weighted by Gasteiger charge is -2.23. The summed E-state index contributed by atoms with van der Waals surface area (Å²) in [6.07, 6.45) is 0. The summed E-state index contributed by atoms with van der Waals surface area (Å²) in [5.41, 5.74) is 8.62. The zero-order valence-corrected chi connectivity index (χ0v) is 19.7. The molecule has 1 unspecified atom stereocenters. The number of nitrogens with zero attached hydrogens (tertiary/aromatic N) is 4. The number of amidine groups is 1. The standard InChI is InChI=1S/C22H27N7O4S/c1-3-28(14-19(30)31)34(32,33)27-22(25-2)29-13-18(15-7-5-4-6-8-15)20(26-29)16-9-11-17(12-10-16)21(23)24/h4-12,18H,3,13-14H2,1-2H3,(H3,23,24)(H,25,27)(H,30,31). The van der Waals surface area contributed by atoms with Crippen molar-refractivity contribution in [3.63, 3.8) is 0 Å².